The van der Waals surface area contributed by atoms with Crippen LogP contribution in [0.5, 0.6) is 0 Å². The highest BCUT2D eigenvalue weighted by molar-refractivity contribution is 9.10. The van der Waals surface area contributed by atoms with E-state index >= 15 is 0 Å². The van der Waals surface area contributed by atoms with Gasteiger partial charge in [0, 0.05) is 36.3 Å². The van der Waals surface area contributed by atoms with Gasteiger partial charge in [-0.25, -0.2) is 0 Å². The lowest BCUT2D eigenvalue weighted by Crippen LogP contribution is -2.36. The Kier molecular flexibility index (Phi) is 6.05. The SMILES string of the molecule is O=C(c1ccc(Br)cc1)N(Cc1ccccc1)CC1CCOCC1. The van der Waals surface area contributed by atoms with Crippen molar-refractivity contribution < 1.29 is 9.53 Å². The Balaban J connectivity index is 1.77. The summed E-state index contributed by atoms with van der Waals surface area (Å²) in [5.74, 6) is 0.611. The van der Waals surface area contributed by atoms with Crippen LogP contribution in [0.2, 0.25) is 0 Å². The third-order valence-electron chi connectivity index (χ3n) is 4.41. The molecule has 3 nitrogen and oxygen atoms in total. The van der Waals surface area contributed by atoms with Gasteiger partial charge in [-0.1, -0.05) is 46.3 Å². The van der Waals surface area contributed by atoms with E-state index in [2.05, 4.69) is 28.1 Å². The molecule has 1 aliphatic heterocycles. The van der Waals surface area contributed by atoms with Crippen molar-refractivity contribution in [1.29, 1.82) is 0 Å². The van der Waals surface area contributed by atoms with Gasteiger partial charge in [0.1, 0.15) is 0 Å². The number of hydrogen-bond donors (Lipinski definition) is 0. The number of halogens is 1. The fourth-order valence-corrected chi connectivity index (χ4v) is 3.30. The van der Waals surface area contributed by atoms with Crippen molar-refractivity contribution >= 4 is 21.8 Å². The normalized spacial score (nSPS) is 15.2. The second-order valence-corrected chi connectivity index (χ2v) is 7.15. The number of hydrogen-bond acceptors (Lipinski definition) is 2. The summed E-state index contributed by atoms with van der Waals surface area (Å²) in [6, 6.07) is 17.8. The van der Waals surface area contributed by atoms with E-state index in [9.17, 15) is 4.79 Å². The number of benzene rings is 2. The molecule has 1 amide bonds. The Morgan fingerprint density at radius 2 is 1.71 bits per heavy atom. The second kappa shape index (κ2) is 8.45. The Hall–Kier alpha value is -1.65. The number of carbonyl (C=O) groups excluding carboxylic acids is 1. The molecule has 126 valence electrons. The van der Waals surface area contributed by atoms with Crippen molar-refractivity contribution in [3.8, 4) is 0 Å². The number of rotatable bonds is 5. The van der Waals surface area contributed by atoms with Crippen molar-refractivity contribution in [2.24, 2.45) is 5.92 Å². The van der Waals surface area contributed by atoms with E-state index in [0.29, 0.717) is 12.5 Å². The van der Waals surface area contributed by atoms with E-state index in [0.717, 1.165) is 48.2 Å². The first-order valence-corrected chi connectivity index (χ1v) is 9.18. The van der Waals surface area contributed by atoms with Crippen molar-refractivity contribution in [2.45, 2.75) is 19.4 Å². The third-order valence-corrected chi connectivity index (χ3v) is 4.94. The smallest absolute Gasteiger partial charge is 0.254 e. The van der Waals surface area contributed by atoms with Crippen LogP contribution in [-0.4, -0.2) is 30.6 Å². The van der Waals surface area contributed by atoms with Crippen LogP contribution >= 0.6 is 15.9 Å². The van der Waals surface area contributed by atoms with E-state index in [4.69, 9.17) is 4.74 Å². The highest BCUT2D eigenvalue weighted by atomic mass is 79.9. The van der Waals surface area contributed by atoms with Crippen molar-refractivity contribution in [3.05, 3.63) is 70.2 Å². The molecule has 0 bridgehead atoms. The maximum absolute atomic E-state index is 13.0. The molecule has 24 heavy (non-hydrogen) atoms. The van der Waals surface area contributed by atoms with Crippen molar-refractivity contribution in [2.75, 3.05) is 19.8 Å². The van der Waals surface area contributed by atoms with Gasteiger partial charge in [0.15, 0.2) is 0 Å². The molecule has 1 saturated heterocycles. The van der Waals surface area contributed by atoms with Crippen LogP contribution in [0, 0.1) is 5.92 Å². The van der Waals surface area contributed by atoms with Crippen LogP contribution in [0.1, 0.15) is 28.8 Å². The average molecular weight is 388 g/mol. The number of nitrogens with zero attached hydrogens (tertiary/aromatic N) is 1. The minimum Gasteiger partial charge on any atom is -0.381 e. The molecule has 0 radical (unpaired) electrons. The van der Waals surface area contributed by atoms with E-state index in [1.165, 1.54) is 0 Å². The standard InChI is InChI=1S/C20H22BrNO2/c21-19-8-6-18(7-9-19)20(23)22(14-16-4-2-1-3-5-16)15-17-10-12-24-13-11-17/h1-9,17H,10-15H2. The topological polar surface area (TPSA) is 29.5 Å². The largest absolute Gasteiger partial charge is 0.381 e. The molecule has 0 aromatic heterocycles. The number of amides is 1. The van der Waals surface area contributed by atoms with E-state index < -0.39 is 0 Å². The van der Waals surface area contributed by atoms with Gasteiger partial charge in [-0.3, -0.25) is 4.79 Å². The molecule has 1 heterocycles. The lowest BCUT2D eigenvalue weighted by Gasteiger charge is -2.30. The summed E-state index contributed by atoms with van der Waals surface area (Å²) >= 11 is 3.43. The minimum absolute atomic E-state index is 0.0952. The number of ether oxygens (including phenoxy) is 1. The third kappa shape index (κ3) is 4.68. The molecule has 1 aliphatic rings. The summed E-state index contributed by atoms with van der Waals surface area (Å²) in [7, 11) is 0. The molecule has 0 saturated carbocycles. The van der Waals surface area contributed by atoms with Crippen LogP contribution in [0.15, 0.2) is 59.1 Å². The van der Waals surface area contributed by atoms with Crippen LogP contribution in [-0.2, 0) is 11.3 Å². The van der Waals surface area contributed by atoms with E-state index in [1.807, 2.05) is 47.4 Å². The molecule has 2 aromatic carbocycles. The maximum atomic E-state index is 13.0. The van der Waals surface area contributed by atoms with Gasteiger partial charge in [0.05, 0.1) is 0 Å². The highest BCUT2D eigenvalue weighted by Gasteiger charge is 2.22. The summed E-state index contributed by atoms with van der Waals surface area (Å²) in [5, 5.41) is 0. The van der Waals surface area contributed by atoms with E-state index in [-0.39, 0.29) is 5.91 Å². The molecule has 0 atom stereocenters. The predicted octanol–water partition coefficient (Wildman–Crippen LogP) is 4.52. The molecule has 0 aliphatic carbocycles. The monoisotopic (exact) mass is 387 g/mol. The molecular formula is C20H22BrNO2. The summed E-state index contributed by atoms with van der Waals surface area (Å²) in [4.78, 5) is 15.0. The van der Waals surface area contributed by atoms with Crippen LogP contribution in [0.25, 0.3) is 0 Å². The summed E-state index contributed by atoms with van der Waals surface area (Å²) in [5.41, 5.74) is 1.90. The van der Waals surface area contributed by atoms with Crippen LogP contribution in [0.3, 0.4) is 0 Å². The quantitative estimate of drug-likeness (QED) is 0.754. The summed E-state index contributed by atoms with van der Waals surface area (Å²) < 4.78 is 6.43. The van der Waals surface area contributed by atoms with Gasteiger partial charge >= 0.3 is 0 Å². The molecule has 0 unspecified atom stereocenters. The highest BCUT2D eigenvalue weighted by Crippen LogP contribution is 2.20. The molecule has 1 fully saturated rings. The second-order valence-electron chi connectivity index (χ2n) is 6.23. The van der Waals surface area contributed by atoms with Gasteiger partial charge in [0.2, 0.25) is 0 Å². The summed E-state index contributed by atoms with van der Waals surface area (Å²) in [6.07, 6.45) is 2.05. The minimum atomic E-state index is 0.0952. The van der Waals surface area contributed by atoms with E-state index in [1.54, 1.807) is 0 Å². The Bertz CT molecular complexity index is 651. The maximum Gasteiger partial charge on any atom is 0.254 e. The van der Waals surface area contributed by atoms with Crippen molar-refractivity contribution in [3.63, 3.8) is 0 Å². The molecule has 0 spiro atoms. The lowest BCUT2D eigenvalue weighted by molar-refractivity contribution is 0.0446. The Morgan fingerprint density at radius 1 is 1.04 bits per heavy atom. The zero-order chi connectivity index (χ0) is 16.8. The van der Waals surface area contributed by atoms with Crippen LogP contribution in [0.4, 0.5) is 0 Å². The zero-order valence-corrected chi connectivity index (χ0v) is 15.2. The van der Waals surface area contributed by atoms with Crippen LogP contribution < -0.4 is 0 Å². The molecule has 3 rings (SSSR count). The summed E-state index contributed by atoms with van der Waals surface area (Å²) in [6.45, 7) is 3.03. The van der Waals surface area contributed by atoms with Crippen molar-refractivity contribution in [1.82, 2.24) is 4.90 Å². The first-order chi connectivity index (χ1) is 11.7. The van der Waals surface area contributed by atoms with Gasteiger partial charge in [-0.2, -0.15) is 0 Å². The zero-order valence-electron chi connectivity index (χ0n) is 13.7. The fourth-order valence-electron chi connectivity index (χ4n) is 3.04. The predicted molar refractivity (Wildman–Crippen MR) is 98.9 cm³/mol. The fraction of sp³-hybridized carbons (Fsp3) is 0.350. The first-order valence-electron chi connectivity index (χ1n) is 8.39. The molecular weight excluding hydrogens is 366 g/mol. The number of carbonyl (C=O) groups is 1. The molecule has 0 N–H and O–H groups in total. The molecule has 2 aromatic rings. The molecule has 4 heteroatoms. The van der Waals surface area contributed by atoms with Gasteiger partial charge in [-0.05, 0) is 48.6 Å². The Morgan fingerprint density at radius 3 is 2.38 bits per heavy atom. The average Bonchev–Trinajstić information content (AvgIpc) is 2.63. The van der Waals surface area contributed by atoms with Gasteiger partial charge in [-0.15, -0.1) is 0 Å². The Labute approximate surface area is 151 Å². The lowest BCUT2D eigenvalue weighted by atomic mass is 9.99. The van der Waals surface area contributed by atoms with Gasteiger partial charge in [0.25, 0.3) is 5.91 Å². The first kappa shape index (κ1) is 17.2. The van der Waals surface area contributed by atoms with Gasteiger partial charge < -0.3 is 9.64 Å².